The van der Waals surface area contributed by atoms with E-state index in [1.54, 1.807) is 6.20 Å². The van der Waals surface area contributed by atoms with Crippen LogP contribution in [0.2, 0.25) is 10.4 Å². The molecule has 0 radical (unpaired) electrons. The Morgan fingerprint density at radius 1 is 1.33 bits per heavy atom. The Bertz CT molecular complexity index is 297. The fourth-order valence-electron chi connectivity index (χ4n) is 1.34. The molecular weight excluding hydrogens is 195 g/mol. The molecule has 4 heteroatoms. The summed E-state index contributed by atoms with van der Waals surface area (Å²) in [5.74, 6) is 0.565. The molecule has 1 aliphatic carbocycles. The van der Waals surface area contributed by atoms with Gasteiger partial charge in [0.05, 0.1) is 0 Å². The zero-order chi connectivity index (χ0) is 8.55. The normalized spacial score (nSPS) is 17.5. The van der Waals surface area contributed by atoms with Crippen LogP contribution in [-0.4, -0.2) is 9.97 Å². The maximum absolute atomic E-state index is 5.90. The van der Waals surface area contributed by atoms with Crippen LogP contribution in [0.15, 0.2) is 6.20 Å². The lowest BCUT2D eigenvalue weighted by Crippen LogP contribution is -2.10. The number of halogens is 2. The summed E-state index contributed by atoms with van der Waals surface area (Å²) >= 11 is 11.5. The maximum atomic E-state index is 5.90. The quantitative estimate of drug-likeness (QED) is 0.517. The first-order valence-corrected chi connectivity index (χ1v) is 4.71. The fraction of sp³-hybridized carbons (Fsp3) is 0.500. The van der Waals surface area contributed by atoms with Gasteiger partial charge in [0.2, 0.25) is 5.28 Å². The lowest BCUT2D eigenvalue weighted by atomic mass is 9.81. The molecule has 1 aliphatic rings. The molecule has 1 heterocycles. The third-order valence-corrected chi connectivity index (χ3v) is 2.77. The van der Waals surface area contributed by atoms with Gasteiger partial charge in [0.15, 0.2) is 0 Å². The summed E-state index contributed by atoms with van der Waals surface area (Å²) in [6, 6.07) is 0. The van der Waals surface area contributed by atoms with Crippen molar-refractivity contribution in [1.29, 1.82) is 0 Å². The molecule has 0 amide bonds. The first-order chi connectivity index (χ1) is 5.77. The van der Waals surface area contributed by atoms with Gasteiger partial charge in [-0.2, -0.15) is 0 Å². The molecule has 0 unspecified atom stereocenters. The van der Waals surface area contributed by atoms with Gasteiger partial charge in [-0.05, 0) is 30.4 Å². The second-order valence-electron chi connectivity index (χ2n) is 3.01. The highest BCUT2D eigenvalue weighted by molar-refractivity contribution is 6.32. The van der Waals surface area contributed by atoms with Crippen LogP contribution in [0.1, 0.15) is 30.7 Å². The molecule has 0 N–H and O–H groups in total. The van der Waals surface area contributed by atoms with Crippen LogP contribution in [0, 0.1) is 0 Å². The number of hydrogen-bond acceptors (Lipinski definition) is 2. The highest BCUT2D eigenvalue weighted by atomic mass is 35.5. The monoisotopic (exact) mass is 202 g/mol. The van der Waals surface area contributed by atoms with Gasteiger partial charge in [-0.1, -0.05) is 18.0 Å². The molecule has 1 aromatic rings. The SMILES string of the molecule is Clc1ncc(C2CCC2)c(Cl)n1. The van der Waals surface area contributed by atoms with Crippen LogP contribution in [0.3, 0.4) is 0 Å². The number of rotatable bonds is 1. The molecule has 0 aromatic carbocycles. The van der Waals surface area contributed by atoms with Crippen LogP contribution in [0.5, 0.6) is 0 Å². The van der Waals surface area contributed by atoms with E-state index in [-0.39, 0.29) is 5.28 Å². The van der Waals surface area contributed by atoms with E-state index in [0.717, 1.165) is 5.56 Å². The second kappa shape index (κ2) is 3.19. The van der Waals surface area contributed by atoms with E-state index < -0.39 is 0 Å². The Labute approximate surface area is 80.9 Å². The molecule has 2 rings (SSSR count). The average molecular weight is 203 g/mol. The van der Waals surface area contributed by atoms with Crippen molar-refractivity contribution in [2.45, 2.75) is 25.2 Å². The van der Waals surface area contributed by atoms with Crippen molar-refractivity contribution >= 4 is 23.2 Å². The minimum atomic E-state index is 0.225. The van der Waals surface area contributed by atoms with E-state index in [2.05, 4.69) is 9.97 Å². The molecule has 0 bridgehead atoms. The third kappa shape index (κ3) is 1.41. The zero-order valence-corrected chi connectivity index (χ0v) is 7.94. The van der Waals surface area contributed by atoms with Gasteiger partial charge in [0.25, 0.3) is 0 Å². The summed E-state index contributed by atoms with van der Waals surface area (Å²) in [5.41, 5.74) is 1.05. The molecule has 0 atom stereocenters. The summed E-state index contributed by atoms with van der Waals surface area (Å²) < 4.78 is 0. The van der Waals surface area contributed by atoms with Crippen LogP contribution >= 0.6 is 23.2 Å². The van der Waals surface area contributed by atoms with E-state index in [4.69, 9.17) is 23.2 Å². The van der Waals surface area contributed by atoms with Crippen LogP contribution in [-0.2, 0) is 0 Å². The standard InChI is InChI=1S/C8H8Cl2N2/c9-7-6(5-2-1-3-5)4-11-8(10)12-7/h4-5H,1-3H2. The molecule has 0 aliphatic heterocycles. The lowest BCUT2D eigenvalue weighted by molar-refractivity contribution is 0.418. The van der Waals surface area contributed by atoms with Crippen LogP contribution < -0.4 is 0 Å². The maximum Gasteiger partial charge on any atom is 0.223 e. The molecule has 64 valence electrons. The van der Waals surface area contributed by atoms with Crippen molar-refractivity contribution in [2.24, 2.45) is 0 Å². The highest BCUT2D eigenvalue weighted by Crippen LogP contribution is 2.38. The van der Waals surface area contributed by atoms with Gasteiger partial charge in [0, 0.05) is 11.8 Å². The predicted octanol–water partition coefficient (Wildman–Crippen LogP) is 3.05. The van der Waals surface area contributed by atoms with Gasteiger partial charge >= 0.3 is 0 Å². The van der Waals surface area contributed by atoms with Crippen LogP contribution in [0.25, 0.3) is 0 Å². The zero-order valence-electron chi connectivity index (χ0n) is 6.43. The first-order valence-electron chi connectivity index (χ1n) is 3.95. The number of hydrogen-bond donors (Lipinski definition) is 0. The first kappa shape index (κ1) is 8.27. The van der Waals surface area contributed by atoms with Crippen molar-refractivity contribution in [1.82, 2.24) is 9.97 Å². The Morgan fingerprint density at radius 2 is 2.08 bits per heavy atom. The summed E-state index contributed by atoms with van der Waals surface area (Å²) in [5, 5.41) is 0.739. The molecular formula is C8H8Cl2N2. The van der Waals surface area contributed by atoms with Crippen molar-refractivity contribution in [3.63, 3.8) is 0 Å². The molecule has 0 saturated heterocycles. The predicted molar refractivity (Wildman–Crippen MR) is 48.6 cm³/mol. The van der Waals surface area contributed by atoms with E-state index in [0.29, 0.717) is 11.1 Å². The van der Waals surface area contributed by atoms with E-state index in [1.807, 2.05) is 0 Å². The Kier molecular flexibility index (Phi) is 2.20. The Morgan fingerprint density at radius 3 is 2.58 bits per heavy atom. The molecule has 0 spiro atoms. The minimum Gasteiger partial charge on any atom is -0.226 e. The molecule has 2 nitrogen and oxygen atoms in total. The largest absolute Gasteiger partial charge is 0.226 e. The van der Waals surface area contributed by atoms with Crippen LogP contribution in [0.4, 0.5) is 0 Å². The summed E-state index contributed by atoms with van der Waals surface area (Å²) in [4.78, 5) is 7.81. The van der Waals surface area contributed by atoms with Crippen molar-refractivity contribution in [3.8, 4) is 0 Å². The van der Waals surface area contributed by atoms with Gasteiger partial charge in [-0.3, -0.25) is 0 Å². The third-order valence-electron chi connectivity index (χ3n) is 2.28. The Balaban J connectivity index is 2.31. The Hall–Kier alpha value is -0.340. The van der Waals surface area contributed by atoms with E-state index in [1.165, 1.54) is 19.3 Å². The smallest absolute Gasteiger partial charge is 0.223 e. The van der Waals surface area contributed by atoms with Gasteiger partial charge < -0.3 is 0 Å². The van der Waals surface area contributed by atoms with Gasteiger partial charge in [0.1, 0.15) is 5.15 Å². The summed E-state index contributed by atoms with van der Waals surface area (Å²) in [6.45, 7) is 0. The van der Waals surface area contributed by atoms with Crippen molar-refractivity contribution in [3.05, 3.63) is 22.2 Å². The lowest BCUT2D eigenvalue weighted by Gasteiger charge is -2.25. The van der Waals surface area contributed by atoms with Crippen molar-refractivity contribution < 1.29 is 0 Å². The molecule has 12 heavy (non-hydrogen) atoms. The average Bonchev–Trinajstić information content (AvgIpc) is 1.91. The topological polar surface area (TPSA) is 25.8 Å². The summed E-state index contributed by atoms with van der Waals surface area (Å²) in [7, 11) is 0. The highest BCUT2D eigenvalue weighted by Gasteiger charge is 2.22. The number of nitrogens with zero attached hydrogens (tertiary/aromatic N) is 2. The minimum absolute atomic E-state index is 0.225. The molecule has 1 aromatic heterocycles. The molecule has 1 saturated carbocycles. The fourth-order valence-corrected chi connectivity index (χ4v) is 1.80. The van der Waals surface area contributed by atoms with E-state index >= 15 is 0 Å². The van der Waals surface area contributed by atoms with Gasteiger partial charge in [-0.15, -0.1) is 0 Å². The number of aromatic nitrogens is 2. The van der Waals surface area contributed by atoms with Crippen molar-refractivity contribution in [2.75, 3.05) is 0 Å². The van der Waals surface area contributed by atoms with E-state index in [9.17, 15) is 0 Å². The summed E-state index contributed by atoms with van der Waals surface area (Å²) in [6.07, 6.45) is 5.42. The van der Waals surface area contributed by atoms with Gasteiger partial charge in [-0.25, -0.2) is 9.97 Å². The second-order valence-corrected chi connectivity index (χ2v) is 3.71. The molecule has 1 fully saturated rings.